The third-order valence-corrected chi connectivity index (χ3v) is 1.57. The minimum absolute atomic E-state index is 0.0438. The van der Waals surface area contributed by atoms with Gasteiger partial charge in [0.05, 0.1) is 6.61 Å². The van der Waals surface area contributed by atoms with Crippen LogP contribution in [0.25, 0.3) is 0 Å². The molecule has 6 nitrogen and oxygen atoms in total. The molecule has 0 saturated carbocycles. The summed E-state index contributed by atoms with van der Waals surface area (Å²) in [7, 11) is 0. The Morgan fingerprint density at radius 2 is 2.25 bits per heavy atom. The molecular weight excluding hydrogens is 212 g/mol. The fourth-order valence-corrected chi connectivity index (χ4v) is 0.862. The van der Waals surface area contributed by atoms with Gasteiger partial charge in [-0.3, -0.25) is 4.79 Å². The second-order valence-corrected chi connectivity index (χ2v) is 2.84. The van der Waals surface area contributed by atoms with Crippen LogP contribution < -0.4 is 5.32 Å². The number of carbonyl (C=O) groups excluding carboxylic acids is 1. The van der Waals surface area contributed by atoms with E-state index in [4.69, 9.17) is 10.4 Å². The molecule has 0 aliphatic heterocycles. The Kier molecular flexibility index (Phi) is 7.24. The molecule has 0 aliphatic rings. The lowest BCUT2D eigenvalue weighted by Crippen LogP contribution is -2.14. The summed E-state index contributed by atoms with van der Waals surface area (Å²) in [5.41, 5.74) is -0.128. The predicted octanol–water partition coefficient (Wildman–Crippen LogP) is 0.411. The average molecular weight is 226 g/mol. The second kappa shape index (κ2) is 8.29. The second-order valence-electron chi connectivity index (χ2n) is 2.84. The van der Waals surface area contributed by atoms with E-state index in [1.165, 1.54) is 6.20 Å². The van der Waals surface area contributed by atoms with E-state index >= 15 is 0 Å². The van der Waals surface area contributed by atoms with Crippen LogP contribution in [0.2, 0.25) is 0 Å². The van der Waals surface area contributed by atoms with E-state index in [1.807, 2.05) is 0 Å². The molecule has 0 amide bonds. The van der Waals surface area contributed by atoms with Crippen LogP contribution in [0.1, 0.15) is 19.8 Å². The van der Waals surface area contributed by atoms with Gasteiger partial charge in [0.2, 0.25) is 0 Å². The maximum atomic E-state index is 11.1. The summed E-state index contributed by atoms with van der Waals surface area (Å²) in [5.74, 6) is -1.56. The number of nitriles is 1. The average Bonchev–Trinajstić information content (AvgIpc) is 2.23. The lowest BCUT2D eigenvalue weighted by Gasteiger charge is -2.01. The molecule has 2 N–H and O–H groups in total. The number of hydrogen-bond donors (Lipinski definition) is 2. The molecule has 88 valence electrons. The number of nitrogens with zero attached hydrogens (tertiary/aromatic N) is 1. The van der Waals surface area contributed by atoms with Crippen LogP contribution in [0.15, 0.2) is 11.8 Å². The van der Waals surface area contributed by atoms with Crippen LogP contribution in [-0.4, -0.2) is 30.2 Å². The van der Waals surface area contributed by atoms with Crippen LogP contribution in [-0.2, 0) is 14.3 Å². The van der Waals surface area contributed by atoms with E-state index in [0.717, 1.165) is 0 Å². The van der Waals surface area contributed by atoms with E-state index < -0.39 is 11.9 Å². The molecule has 0 heterocycles. The first kappa shape index (κ1) is 14.0. The van der Waals surface area contributed by atoms with Crippen molar-refractivity contribution in [3.05, 3.63) is 11.8 Å². The van der Waals surface area contributed by atoms with Crippen LogP contribution in [0, 0.1) is 11.3 Å². The van der Waals surface area contributed by atoms with Crippen molar-refractivity contribution in [1.82, 2.24) is 5.32 Å². The summed E-state index contributed by atoms with van der Waals surface area (Å²) in [6.45, 7) is 2.24. The molecule has 0 radical (unpaired) electrons. The molecule has 0 aromatic carbocycles. The van der Waals surface area contributed by atoms with Gasteiger partial charge in [0.1, 0.15) is 6.07 Å². The summed E-state index contributed by atoms with van der Waals surface area (Å²) in [6, 6.07) is 1.69. The van der Waals surface area contributed by atoms with Crippen molar-refractivity contribution in [2.75, 3.05) is 13.2 Å². The van der Waals surface area contributed by atoms with Crippen molar-refractivity contribution in [3.63, 3.8) is 0 Å². The van der Waals surface area contributed by atoms with Crippen molar-refractivity contribution in [1.29, 1.82) is 5.26 Å². The van der Waals surface area contributed by atoms with Crippen molar-refractivity contribution in [2.45, 2.75) is 19.8 Å². The van der Waals surface area contributed by atoms with Crippen molar-refractivity contribution in [3.8, 4) is 6.07 Å². The van der Waals surface area contributed by atoms with E-state index in [9.17, 15) is 9.59 Å². The van der Waals surface area contributed by atoms with Gasteiger partial charge < -0.3 is 15.2 Å². The molecule has 0 spiro atoms. The largest absolute Gasteiger partial charge is 0.481 e. The molecular formula is C10H14N2O4. The normalized spacial score (nSPS) is 10.4. The van der Waals surface area contributed by atoms with Crippen LogP contribution >= 0.6 is 0 Å². The summed E-state index contributed by atoms with van der Waals surface area (Å²) in [5, 5.41) is 19.7. The van der Waals surface area contributed by atoms with Gasteiger partial charge in [0, 0.05) is 19.2 Å². The molecule has 0 rings (SSSR count). The van der Waals surface area contributed by atoms with Crippen molar-refractivity contribution >= 4 is 11.9 Å². The van der Waals surface area contributed by atoms with Gasteiger partial charge in [0.15, 0.2) is 5.57 Å². The Hall–Kier alpha value is -2.03. The van der Waals surface area contributed by atoms with Gasteiger partial charge >= 0.3 is 11.9 Å². The van der Waals surface area contributed by atoms with Gasteiger partial charge in [-0.25, -0.2) is 4.79 Å². The predicted molar refractivity (Wildman–Crippen MR) is 55.2 cm³/mol. The molecule has 0 saturated heterocycles. The monoisotopic (exact) mass is 226 g/mol. The number of hydrogen-bond acceptors (Lipinski definition) is 5. The first-order valence-corrected chi connectivity index (χ1v) is 4.84. The zero-order valence-electron chi connectivity index (χ0n) is 9.02. The van der Waals surface area contributed by atoms with Crippen LogP contribution in [0.5, 0.6) is 0 Å². The highest BCUT2D eigenvalue weighted by molar-refractivity contribution is 5.92. The molecule has 0 aromatic rings. The van der Waals surface area contributed by atoms with Crippen molar-refractivity contribution < 1.29 is 19.4 Å². The van der Waals surface area contributed by atoms with Gasteiger partial charge in [-0.15, -0.1) is 0 Å². The highest BCUT2D eigenvalue weighted by atomic mass is 16.5. The number of rotatable bonds is 7. The highest BCUT2D eigenvalue weighted by Crippen LogP contribution is 1.95. The third-order valence-electron chi connectivity index (χ3n) is 1.57. The molecule has 0 aliphatic carbocycles. The molecule has 0 unspecified atom stereocenters. The topological polar surface area (TPSA) is 99.4 Å². The molecule has 6 heteroatoms. The zero-order valence-corrected chi connectivity index (χ0v) is 9.02. The number of nitrogens with one attached hydrogen (secondary N) is 1. The fourth-order valence-electron chi connectivity index (χ4n) is 0.862. The Morgan fingerprint density at radius 3 is 2.75 bits per heavy atom. The van der Waals surface area contributed by atoms with Crippen LogP contribution in [0.3, 0.4) is 0 Å². The molecule has 0 atom stereocenters. The fraction of sp³-hybridized carbons (Fsp3) is 0.500. The van der Waals surface area contributed by atoms with Gasteiger partial charge in [0.25, 0.3) is 0 Å². The smallest absolute Gasteiger partial charge is 0.350 e. The standard InChI is InChI=1S/C10H14N2O4/c1-2-16-10(15)8(6-11)7-12-5-3-4-9(13)14/h7,12H,2-5H2,1H3,(H,13,14)/b8-7+. The Balaban J connectivity index is 3.95. The van der Waals surface area contributed by atoms with Gasteiger partial charge in [-0.1, -0.05) is 0 Å². The number of carboxylic acid groups (broad SMARTS) is 1. The summed E-state index contributed by atoms with van der Waals surface area (Å²) < 4.78 is 4.63. The number of ether oxygens (including phenoxy) is 1. The molecule has 0 aromatic heterocycles. The van der Waals surface area contributed by atoms with Crippen LogP contribution in [0.4, 0.5) is 0 Å². The lowest BCUT2D eigenvalue weighted by atomic mass is 10.3. The van der Waals surface area contributed by atoms with Gasteiger partial charge in [-0.05, 0) is 13.3 Å². The molecule has 0 fully saturated rings. The Labute approximate surface area is 93.5 Å². The highest BCUT2D eigenvalue weighted by Gasteiger charge is 2.08. The quantitative estimate of drug-likeness (QED) is 0.282. The number of esters is 1. The lowest BCUT2D eigenvalue weighted by molar-refractivity contribution is -0.138. The van der Waals surface area contributed by atoms with E-state index in [1.54, 1.807) is 13.0 Å². The first-order valence-electron chi connectivity index (χ1n) is 4.84. The minimum atomic E-state index is -0.878. The van der Waals surface area contributed by atoms with E-state index in [0.29, 0.717) is 13.0 Å². The van der Waals surface area contributed by atoms with E-state index in [2.05, 4.69) is 10.1 Å². The summed E-state index contributed by atoms with van der Waals surface area (Å²) in [6.07, 6.45) is 1.70. The maximum Gasteiger partial charge on any atom is 0.350 e. The number of aliphatic carboxylic acids is 1. The summed E-state index contributed by atoms with van der Waals surface area (Å²) in [4.78, 5) is 21.3. The molecule has 0 bridgehead atoms. The van der Waals surface area contributed by atoms with E-state index in [-0.39, 0.29) is 18.6 Å². The Bertz CT molecular complexity index is 317. The minimum Gasteiger partial charge on any atom is -0.481 e. The Morgan fingerprint density at radius 1 is 1.56 bits per heavy atom. The number of carbonyl (C=O) groups is 2. The zero-order chi connectivity index (χ0) is 12.4. The number of carboxylic acids is 1. The SMILES string of the molecule is CCOC(=O)/C(C#N)=C/NCCCC(=O)O. The first-order chi connectivity index (χ1) is 7.61. The third kappa shape index (κ3) is 6.43. The van der Waals surface area contributed by atoms with Gasteiger partial charge in [-0.2, -0.15) is 5.26 Å². The maximum absolute atomic E-state index is 11.1. The molecule has 16 heavy (non-hydrogen) atoms. The summed E-state index contributed by atoms with van der Waals surface area (Å²) >= 11 is 0. The van der Waals surface area contributed by atoms with Crippen molar-refractivity contribution in [2.24, 2.45) is 0 Å².